The molecule has 0 spiro atoms. The number of benzene rings is 3. The fraction of sp³-hybridized carbons (Fsp3) is 0.217. The Morgan fingerprint density at radius 3 is 2.50 bits per heavy atom. The molecular weight excluding hydrogens is 438 g/mol. The lowest BCUT2D eigenvalue weighted by Gasteiger charge is -2.18. The van der Waals surface area contributed by atoms with Crippen LogP contribution in [0.3, 0.4) is 0 Å². The summed E-state index contributed by atoms with van der Waals surface area (Å²) >= 11 is 9.92. The van der Waals surface area contributed by atoms with Crippen LogP contribution in [0.1, 0.15) is 22.3 Å². The molecule has 0 aromatic heterocycles. The predicted molar refractivity (Wildman–Crippen MR) is 120 cm³/mol. The van der Waals surface area contributed by atoms with E-state index < -0.39 is 0 Å². The fourth-order valence-electron chi connectivity index (χ4n) is 2.87. The minimum atomic E-state index is 0.364. The molecule has 0 bridgehead atoms. The second-order valence-corrected chi connectivity index (χ2v) is 7.85. The first-order chi connectivity index (χ1) is 13.5. The smallest absolute Gasteiger partial charge is 0.167 e. The van der Waals surface area contributed by atoms with E-state index in [-0.39, 0.29) is 0 Å². The van der Waals surface area contributed by atoms with Gasteiger partial charge in [-0.3, -0.25) is 0 Å². The highest BCUT2D eigenvalue weighted by molar-refractivity contribution is 9.10. The van der Waals surface area contributed by atoms with Gasteiger partial charge in [0.05, 0.1) is 7.11 Å². The molecule has 5 heteroatoms. The summed E-state index contributed by atoms with van der Waals surface area (Å²) in [5, 5.41) is 4.17. The Morgan fingerprint density at radius 2 is 1.79 bits per heavy atom. The van der Waals surface area contributed by atoms with E-state index in [2.05, 4.69) is 53.3 Å². The van der Waals surface area contributed by atoms with Crippen molar-refractivity contribution in [3.05, 3.63) is 86.3 Å². The van der Waals surface area contributed by atoms with E-state index in [0.29, 0.717) is 29.7 Å². The van der Waals surface area contributed by atoms with Crippen molar-refractivity contribution in [2.75, 3.05) is 12.4 Å². The van der Waals surface area contributed by atoms with Gasteiger partial charge in [0, 0.05) is 32.9 Å². The summed E-state index contributed by atoms with van der Waals surface area (Å²) in [7, 11) is 1.64. The summed E-state index contributed by atoms with van der Waals surface area (Å²) < 4.78 is 12.7. The van der Waals surface area contributed by atoms with E-state index >= 15 is 0 Å². The first-order valence-corrected chi connectivity index (χ1v) is 10.2. The number of ether oxygens (including phenoxy) is 2. The predicted octanol–water partition coefficient (Wildman–Crippen LogP) is 6.92. The molecule has 0 aliphatic heterocycles. The standard InChI is InChI=1S/C23H23BrClNO2/c1-15-8-9-18(12-16(15)2)26-13-19-20(24)10-11-22(27-3)23(19)28-14-17-6-4-5-7-21(17)25/h4-12,26H,13-14H2,1-3H3. The molecule has 146 valence electrons. The molecule has 0 aliphatic carbocycles. The summed E-state index contributed by atoms with van der Waals surface area (Å²) in [5.74, 6) is 1.39. The molecule has 3 aromatic rings. The molecule has 0 heterocycles. The first kappa shape index (κ1) is 20.6. The van der Waals surface area contributed by atoms with Crippen LogP contribution < -0.4 is 14.8 Å². The number of anilines is 1. The van der Waals surface area contributed by atoms with Gasteiger partial charge in [-0.15, -0.1) is 0 Å². The van der Waals surface area contributed by atoms with Crippen LogP contribution in [0, 0.1) is 13.8 Å². The van der Waals surface area contributed by atoms with E-state index in [0.717, 1.165) is 21.3 Å². The number of hydrogen-bond donors (Lipinski definition) is 1. The van der Waals surface area contributed by atoms with Gasteiger partial charge in [-0.2, -0.15) is 0 Å². The van der Waals surface area contributed by atoms with Gasteiger partial charge in [0.1, 0.15) is 6.61 Å². The molecule has 0 saturated carbocycles. The molecule has 0 saturated heterocycles. The van der Waals surface area contributed by atoms with Crippen molar-refractivity contribution in [2.45, 2.75) is 27.0 Å². The number of halogens is 2. The van der Waals surface area contributed by atoms with E-state index in [1.807, 2.05) is 36.4 Å². The zero-order valence-corrected chi connectivity index (χ0v) is 18.5. The van der Waals surface area contributed by atoms with Gasteiger partial charge in [0.25, 0.3) is 0 Å². The molecular formula is C23H23BrClNO2. The maximum absolute atomic E-state index is 6.27. The van der Waals surface area contributed by atoms with Crippen LogP contribution in [0.15, 0.2) is 59.1 Å². The largest absolute Gasteiger partial charge is 0.493 e. The van der Waals surface area contributed by atoms with Crippen molar-refractivity contribution < 1.29 is 9.47 Å². The van der Waals surface area contributed by atoms with Crippen molar-refractivity contribution in [3.63, 3.8) is 0 Å². The molecule has 0 atom stereocenters. The molecule has 0 amide bonds. The third-order valence-electron chi connectivity index (χ3n) is 4.69. The molecule has 3 aromatic carbocycles. The second kappa shape index (κ2) is 9.35. The highest BCUT2D eigenvalue weighted by atomic mass is 79.9. The van der Waals surface area contributed by atoms with Crippen molar-refractivity contribution in [1.29, 1.82) is 0 Å². The van der Waals surface area contributed by atoms with Gasteiger partial charge in [-0.05, 0) is 55.3 Å². The lowest BCUT2D eigenvalue weighted by Crippen LogP contribution is -2.06. The molecule has 0 radical (unpaired) electrons. The third-order valence-corrected chi connectivity index (χ3v) is 5.80. The van der Waals surface area contributed by atoms with E-state index in [4.69, 9.17) is 21.1 Å². The van der Waals surface area contributed by atoms with Crippen LogP contribution in [0.25, 0.3) is 0 Å². The molecule has 1 N–H and O–H groups in total. The van der Waals surface area contributed by atoms with Gasteiger partial charge < -0.3 is 14.8 Å². The van der Waals surface area contributed by atoms with Gasteiger partial charge >= 0.3 is 0 Å². The number of aryl methyl sites for hydroxylation is 2. The van der Waals surface area contributed by atoms with Crippen molar-refractivity contribution in [1.82, 2.24) is 0 Å². The maximum Gasteiger partial charge on any atom is 0.167 e. The van der Waals surface area contributed by atoms with Crippen LogP contribution in [-0.4, -0.2) is 7.11 Å². The van der Waals surface area contributed by atoms with Crippen molar-refractivity contribution in [2.24, 2.45) is 0 Å². The molecule has 0 fully saturated rings. The summed E-state index contributed by atoms with van der Waals surface area (Å²) in [6.45, 7) is 5.18. The summed E-state index contributed by atoms with van der Waals surface area (Å²) in [4.78, 5) is 0. The second-order valence-electron chi connectivity index (χ2n) is 6.59. The molecule has 28 heavy (non-hydrogen) atoms. The Hall–Kier alpha value is -2.17. The molecule has 3 nitrogen and oxygen atoms in total. The van der Waals surface area contributed by atoms with Gasteiger partial charge in [0.2, 0.25) is 0 Å². The Bertz CT molecular complexity index is 975. The van der Waals surface area contributed by atoms with Crippen LogP contribution in [-0.2, 0) is 13.2 Å². The lowest BCUT2D eigenvalue weighted by molar-refractivity contribution is 0.281. The van der Waals surface area contributed by atoms with Crippen LogP contribution >= 0.6 is 27.5 Å². The van der Waals surface area contributed by atoms with Crippen LogP contribution in [0.2, 0.25) is 5.02 Å². The zero-order valence-electron chi connectivity index (χ0n) is 16.2. The average molecular weight is 461 g/mol. The van der Waals surface area contributed by atoms with E-state index in [1.165, 1.54) is 11.1 Å². The van der Waals surface area contributed by atoms with E-state index in [9.17, 15) is 0 Å². The number of nitrogens with one attached hydrogen (secondary N) is 1. The van der Waals surface area contributed by atoms with Gasteiger partial charge in [-0.25, -0.2) is 0 Å². The maximum atomic E-state index is 6.27. The minimum Gasteiger partial charge on any atom is -0.493 e. The topological polar surface area (TPSA) is 30.5 Å². The van der Waals surface area contributed by atoms with E-state index in [1.54, 1.807) is 7.11 Å². The highest BCUT2D eigenvalue weighted by Crippen LogP contribution is 2.37. The van der Waals surface area contributed by atoms with Crippen LogP contribution in [0.5, 0.6) is 11.5 Å². The number of methoxy groups -OCH3 is 1. The summed E-state index contributed by atoms with van der Waals surface area (Å²) in [6.07, 6.45) is 0. The van der Waals surface area contributed by atoms with Crippen molar-refractivity contribution >= 4 is 33.2 Å². The van der Waals surface area contributed by atoms with Gasteiger partial charge in [-0.1, -0.05) is 51.8 Å². The monoisotopic (exact) mass is 459 g/mol. The Morgan fingerprint density at radius 1 is 1.00 bits per heavy atom. The van der Waals surface area contributed by atoms with Crippen molar-refractivity contribution in [3.8, 4) is 11.5 Å². The highest BCUT2D eigenvalue weighted by Gasteiger charge is 2.15. The summed E-state index contributed by atoms with van der Waals surface area (Å²) in [6, 6.07) is 17.9. The molecule has 0 unspecified atom stereocenters. The Balaban J connectivity index is 1.85. The SMILES string of the molecule is COc1ccc(Br)c(CNc2ccc(C)c(C)c2)c1OCc1ccccc1Cl. The fourth-order valence-corrected chi connectivity index (χ4v) is 3.52. The minimum absolute atomic E-state index is 0.364. The number of rotatable bonds is 7. The Kier molecular flexibility index (Phi) is 6.87. The van der Waals surface area contributed by atoms with Gasteiger partial charge in [0.15, 0.2) is 11.5 Å². The zero-order chi connectivity index (χ0) is 20.1. The lowest BCUT2D eigenvalue weighted by atomic mass is 10.1. The number of hydrogen-bond acceptors (Lipinski definition) is 3. The molecule has 0 aliphatic rings. The summed E-state index contributed by atoms with van der Waals surface area (Å²) in [5.41, 5.74) is 5.51. The Labute approximate surface area is 179 Å². The first-order valence-electron chi connectivity index (χ1n) is 9.02. The average Bonchev–Trinajstić information content (AvgIpc) is 2.69. The third kappa shape index (κ3) is 4.81. The quantitative estimate of drug-likeness (QED) is 0.415. The van der Waals surface area contributed by atoms with Crippen LogP contribution in [0.4, 0.5) is 5.69 Å². The normalized spacial score (nSPS) is 10.6. The molecule has 3 rings (SSSR count).